The number of guanidine groups is 4. The van der Waals surface area contributed by atoms with Crippen molar-refractivity contribution in [3.05, 3.63) is 133 Å². The largest absolute Gasteiger partial charge is 2.00 e. The van der Waals surface area contributed by atoms with E-state index in [1.165, 1.54) is 13.8 Å². The van der Waals surface area contributed by atoms with Crippen molar-refractivity contribution >= 4 is 46.6 Å². The molecule has 0 aliphatic heterocycles. The summed E-state index contributed by atoms with van der Waals surface area (Å²) in [7, 11) is 0. The predicted octanol–water partition coefficient (Wildman–Crippen LogP) is 8.16. The van der Waals surface area contributed by atoms with E-state index in [1.54, 1.807) is 12.1 Å². The van der Waals surface area contributed by atoms with Gasteiger partial charge in [-0.1, -0.05) is 97.1 Å². The quantitative estimate of drug-likeness (QED) is 0.0730. The van der Waals surface area contributed by atoms with Crippen LogP contribution < -0.4 is 21.3 Å². The molecule has 0 atom stereocenters. The van der Waals surface area contributed by atoms with Crippen LogP contribution in [0.15, 0.2) is 131 Å². The molecule has 232 valence electrons. The Hall–Kier alpha value is -6.17. The summed E-state index contributed by atoms with van der Waals surface area (Å²) in [5.74, 6) is -0.335. The molecule has 13 heteroatoms. The van der Waals surface area contributed by atoms with Crippen LogP contribution in [0.5, 0.6) is 0 Å². The number of benzene rings is 4. The Balaban J connectivity index is 0.000000719. The maximum absolute atomic E-state index is 7.66. The number of hydrogen-bond acceptors (Lipinski definition) is 4. The van der Waals surface area contributed by atoms with Crippen LogP contribution in [0.3, 0.4) is 0 Å². The summed E-state index contributed by atoms with van der Waals surface area (Å²) in [5.41, 5.74) is 18.4. The summed E-state index contributed by atoms with van der Waals surface area (Å²) < 4.78 is 0. The van der Waals surface area contributed by atoms with Gasteiger partial charge in [-0.05, 0) is 35.6 Å². The van der Waals surface area contributed by atoms with Crippen molar-refractivity contribution in [3.63, 3.8) is 0 Å². The summed E-state index contributed by atoms with van der Waals surface area (Å²) in [4.78, 5) is 7.62. The average molecular weight is 645 g/mol. The van der Waals surface area contributed by atoms with Gasteiger partial charge in [-0.15, -0.1) is 0 Å². The number of nitriles is 2. The van der Waals surface area contributed by atoms with Crippen LogP contribution in [0.1, 0.15) is 13.8 Å². The molecule has 8 N–H and O–H groups in total. The summed E-state index contributed by atoms with van der Waals surface area (Å²) in [6.07, 6.45) is 0. The van der Waals surface area contributed by atoms with E-state index < -0.39 is 0 Å². The third kappa shape index (κ3) is 19.6. The van der Waals surface area contributed by atoms with Crippen LogP contribution in [0.4, 0.5) is 22.7 Å². The molecule has 4 aromatic carbocycles. The third-order valence-corrected chi connectivity index (χ3v) is 4.59. The van der Waals surface area contributed by atoms with Crippen LogP contribution in [0.2, 0.25) is 0 Å². The molecule has 0 aliphatic carbocycles. The fourth-order valence-corrected chi connectivity index (χ4v) is 2.97. The SMILES string of the molecule is CC#N.CC#N.N=C(/N=C(\[NH-])Nc1ccccc1)Nc1ccccc1.N=C(/N=C(\[NH-])Nc1ccccc1)Nc1ccccc1.[Ni+2]. The molecule has 0 saturated carbocycles. The molecule has 0 heterocycles. The van der Waals surface area contributed by atoms with E-state index in [4.69, 9.17) is 32.8 Å². The minimum atomic E-state index is -0.0837. The molecule has 0 spiro atoms. The van der Waals surface area contributed by atoms with Crippen molar-refractivity contribution in [1.82, 2.24) is 0 Å². The molecule has 0 radical (unpaired) electrons. The van der Waals surface area contributed by atoms with Crippen molar-refractivity contribution in [3.8, 4) is 12.1 Å². The van der Waals surface area contributed by atoms with E-state index in [9.17, 15) is 0 Å². The van der Waals surface area contributed by atoms with Gasteiger partial charge in [-0.2, -0.15) is 10.5 Å². The normalized spacial score (nSPS) is 9.51. The van der Waals surface area contributed by atoms with Gasteiger partial charge in [0.25, 0.3) is 0 Å². The van der Waals surface area contributed by atoms with Crippen molar-refractivity contribution < 1.29 is 16.5 Å². The van der Waals surface area contributed by atoms with E-state index in [2.05, 4.69) is 31.3 Å². The second-order valence-corrected chi connectivity index (χ2v) is 8.03. The Morgan fingerprint density at radius 1 is 0.511 bits per heavy atom. The van der Waals surface area contributed by atoms with Crippen molar-refractivity contribution in [2.75, 3.05) is 21.3 Å². The number of hydrogen-bond donors (Lipinski definition) is 6. The topological polar surface area (TPSA) is 216 Å². The van der Waals surface area contributed by atoms with Crippen LogP contribution in [0.25, 0.3) is 11.5 Å². The van der Waals surface area contributed by atoms with Gasteiger partial charge in [0.15, 0.2) is 0 Å². The Morgan fingerprint density at radius 3 is 0.933 bits per heavy atom. The summed E-state index contributed by atoms with van der Waals surface area (Å²) in [6, 6.07) is 40.6. The number of anilines is 4. The van der Waals surface area contributed by atoms with Gasteiger partial charge in [0, 0.05) is 37.1 Å². The molecular formula is C32H34N12Ni. The van der Waals surface area contributed by atoms with E-state index in [0.29, 0.717) is 0 Å². The monoisotopic (exact) mass is 644 g/mol. The number of nitrogens with one attached hydrogen (secondary N) is 8. The van der Waals surface area contributed by atoms with Gasteiger partial charge >= 0.3 is 16.5 Å². The second-order valence-electron chi connectivity index (χ2n) is 8.03. The third-order valence-electron chi connectivity index (χ3n) is 4.59. The number of nitrogens with zero attached hydrogens (tertiary/aromatic N) is 4. The minimum Gasteiger partial charge on any atom is -0.412 e. The molecule has 45 heavy (non-hydrogen) atoms. The van der Waals surface area contributed by atoms with Gasteiger partial charge in [0.1, 0.15) is 11.9 Å². The number of rotatable bonds is 4. The number of aliphatic imine (C=N–C) groups is 2. The van der Waals surface area contributed by atoms with Gasteiger partial charge in [-0.25, -0.2) is 0 Å². The van der Waals surface area contributed by atoms with Crippen LogP contribution in [-0.4, -0.2) is 23.8 Å². The van der Waals surface area contributed by atoms with Gasteiger partial charge in [0.05, 0.1) is 12.1 Å². The zero-order valence-electron chi connectivity index (χ0n) is 24.7. The fraction of sp³-hybridized carbons (Fsp3) is 0.0625. The molecule has 0 aliphatic rings. The molecule has 0 bridgehead atoms. The Labute approximate surface area is 273 Å². The molecule has 0 unspecified atom stereocenters. The molecule has 12 nitrogen and oxygen atoms in total. The summed E-state index contributed by atoms with van der Waals surface area (Å²) in [5, 5.41) is 41.1. The van der Waals surface area contributed by atoms with Crippen molar-refractivity contribution in [2.24, 2.45) is 9.98 Å². The van der Waals surface area contributed by atoms with Gasteiger partial charge < -0.3 is 42.7 Å². The van der Waals surface area contributed by atoms with Gasteiger partial charge in [-0.3, -0.25) is 10.8 Å². The zero-order chi connectivity index (χ0) is 32.4. The van der Waals surface area contributed by atoms with Crippen molar-refractivity contribution in [1.29, 1.82) is 21.3 Å². The Kier molecular flexibility index (Phi) is 21.1. The average Bonchev–Trinajstić information content (AvgIpc) is 3.00. The van der Waals surface area contributed by atoms with E-state index >= 15 is 0 Å². The van der Waals surface area contributed by atoms with Gasteiger partial charge in [0.2, 0.25) is 0 Å². The maximum Gasteiger partial charge on any atom is 2.00 e. The molecule has 0 saturated heterocycles. The van der Waals surface area contributed by atoms with Crippen LogP contribution >= 0.6 is 0 Å². The van der Waals surface area contributed by atoms with E-state index in [-0.39, 0.29) is 40.3 Å². The predicted molar refractivity (Wildman–Crippen MR) is 182 cm³/mol. The Bertz CT molecular complexity index is 1410. The molecule has 0 amide bonds. The van der Waals surface area contributed by atoms with Crippen LogP contribution in [-0.2, 0) is 16.5 Å². The Morgan fingerprint density at radius 2 is 0.711 bits per heavy atom. The first-order chi connectivity index (χ1) is 21.3. The van der Waals surface area contributed by atoms with E-state index in [0.717, 1.165) is 22.7 Å². The van der Waals surface area contributed by atoms with Crippen molar-refractivity contribution in [2.45, 2.75) is 13.8 Å². The first kappa shape index (κ1) is 38.8. The molecule has 0 fully saturated rings. The van der Waals surface area contributed by atoms with Crippen LogP contribution in [0, 0.1) is 33.5 Å². The summed E-state index contributed by atoms with van der Waals surface area (Å²) >= 11 is 0. The summed E-state index contributed by atoms with van der Waals surface area (Å²) in [6.45, 7) is 2.86. The smallest absolute Gasteiger partial charge is 0.412 e. The number of para-hydroxylation sites is 4. The first-order valence-corrected chi connectivity index (χ1v) is 13.0. The standard InChI is InChI=1S/2C14H14N5.2C2H3N.Ni/c2*15-13(17-11-7-3-1-4-8-11)19-14(16)18-12-9-5-2-6-10-12;2*1-2-3;/h2*1-10H,(H4-,15,16,17,18,19);2*1H3;/q2*-1;;;+2. The first-order valence-electron chi connectivity index (χ1n) is 13.0. The molecule has 4 rings (SSSR count). The molecular weight excluding hydrogens is 611 g/mol. The molecule has 4 aromatic rings. The van der Waals surface area contributed by atoms with E-state index in [1.807, 2.05) is 121 Å². The minimum absolute atomic E-state index is 0. The zero-order valence-corrected chi connectivity index (χ0v) is 25.6. The second kappa shape index (κ2) is 24.4. The molecule has 0 aromatic heterocycles. The maximum atomic E-state index is 7.66. The fourth-order valence-electron chi connectivity index (χ4n) is 2.97.